The van der Waals surface area contributed by atoms with Gasteiger partial charge in [0.25, 0.3) is 5.91 Å². The number of hydrogen-bond acceptors (Lipinski definition) is 3. The minimum absolute atomic E-state index is 0.0260. The fourth-order valence-electron chi connectivity index (χ4n) is 1.41. The van der Waals surface area contributed by atoms with Gasteiger partial charge in [0.05, 0.1) is 19.1 Å². The standard InChI is InChI=1S/C10H17N3O2/c1-8(2)13(4-5-14)10(15)9-6-11-7-12(9)3/h6-8,14H,4-5H2,1-3H3. The first-order chi connectivity index (χ1) is 7.07. The molecule has 0 saturated heterocycles. The van der Waals surface area contributed by atoms with Crippen molar-refractivity contribution in [3.05, 3.63) is 18.2 Å². The number of rotatable bonds is 4. The first-order valence-corrected chi connectivity index (χ1v) is 4.96. The molecule has 0 saturated carbocycles. The van der Waals surface area contributed by atoms with Crippen molar-refractivity contribution in [2.45, 2.75) is 19.9 Å². The molecule has 0 bridgehead atoms. The van der Waals surface area contributed by atoms with E-state index >= 15 is 0 Å². The van der Waals surface area contributed by atoms with Crippen LogP contribution in [0.25, 0.3) is 0 Å². The van der Waals surface area contributed by atoms with E-state index in [4.69, 9.17) is 5.11 Å². The summed E-state index contributed by atoms with van der Waals surface area (Å²) in [6.45, 7) is 4.16. The molecular formula is C10H17N3O2. The Hall–Kier alpha value is -1.36. The second-order valence-electron chi connectivity index (χ2n) is 3.71. The van der Waals surface area contributed by atoms with E-state index in [-0.39, 0.29) is 18.6 Å². The average molecular weight is 211 g/mol. The Morgan fingerprint density at radius 2 is 2.33 bits per heavy atom. The summed E-state index contributed by atoms with van der Waals surface area (Å²) in [5.41, 5.74) is 0.539. The molecule has 1 rings (SSSR count). The molecule has 0 fully saturated rings. The van der Waals surface area contributed by atoms with Crippen molar-refractivity contribution < 1.29 is 9.90 Å². The van der Waals surface area contributed by atoms with Crippen molar-refractivity contribution in [1.29, 1.82) is 0 Å². The molecule has 1 heterocycles. The van der Waals surface area contributed by atoms with E-state index in [1.165, 1.54) is 6.20 Å². The third kappa shape index (κ3) is 2.56. The van der Waals surface area contributed by atoms with Gasteiger partial charge < -0.3 is 14.6 Å². The van der Waals surface area contributed by atoms with Crippen molar-refractivity contribution in [2.75, 3.05) is 13.2 Å². The van der Waals surface area contributed by atoms with E-state index in [2.05, 4.69) is 4.98 Å². The van der Waals surface area contributed by atoms with Crippen LogP contribution in [0.3, 0.4) is 0 Å². The molecule has 1 aromatic rings. The average Bonchev–Trinajstić information content (AvgIpc) is 2.59. The SMILES string of the molecule is CC(C)N(CCO)C(=O)c1cncn1C. The highest BCUT2D eigenvalue weighted by Gasteiger charge is 2.20. The van der Waals surface area contributed by atoms with Crippen molar-refractivity contribution in [2.24, 2.45) is 7.05 Å². The number of imidazole rings is 1. The summed E-state index contributed by atoms with van der Waals surface area (Å²) in [4.78, 5) is 17.5. The van der Waals surface area contributed by atoms with Gasteiger partial charge in [-0.3, -0.25) is 4.79 Å². The normalized spacial score (nSPS) is 10.7. The second-order valence-corrected chi connectivity index (χ2v) is 3.71. The van der Waals surface area contributed by atoms with E-state index < -0.39 is 0 Å². The molecule has 84 valence electrons. The molecular weight excluding hydrogens is 194 g/mol. The van der Waals surface area contributed by atoms with Crippen LogP contribution in [0.5, 0.6) is 0 Å². The second kappa shape index (κ2) is 4.93. The zero-order valence-corrected chi connectivity index (χ0v) is 9.34. The predicted molar refractivity (Wildman–Crippen MR) is 56.5 cm³/mol. The highest BCUT2D eigenvalue weighted by atomic mass is 16.3. The molecule has 0 atom stereocenters. The first kappa shape index (κ1) is 11.7. The summed E-state index contributed by atoms with van der Waals surface area (Å²) in [7, 11) is 1.78. The van der Waals surface area contributed by atoms with Crippen LogP contribution >= 0.6 is 0 Å². The van der Waals surface area contributed by atoms with Gasteiger partial charge in [-0.05, 0) is 13.8 Å². The van der Waals surface area contributed by atoms with Gasteiger partial charge in [-0.1, -0.05) is 0 Å². The van der Waals surface area contributed by atoms with Gasteiger partial charge in [0.2, 0.25) is 0 Å². The molecule has 0 spiro atoms. The van der Waals surface area contributed by atoms with Gasteiger partial charge in [0.1, 0.15) is 5.69 Å². The monoisotopic (exact) mass is 211 g/mol. The quantitative estimate of drug-likeness (QED) is 0.777. The van der Waals surface area contributed by atoms with Crippen molar-refractivity contribution in [3.8, 4) is 0 Å². The van der Waals surface area contributed by atoms with Crippen LogP contribution < -0.4 is 0 Å². The topological polar surface area (TPSA) is 58.4 Å². The lowest BCUT2D eigenvalue weighted by Crippen LogP contribution is -2.39. The lowest BCUT2D eigenvalue weighted by Gasteiger charge is -2.25. The van der Waals surface area contributed by atoms with Gasteiger partial charge in [0, 0.05) is 19.6 Å². The van der Waals surface area contributed by atoms with Crippen LogP contribution in [0.2, 0.25) is 0 Å². The Labute approximate surface area is 89.3 Å². The van der Waals surface area contributed by atoms with Crippen molar-refractivity contribution in [1.82, 2.24) is 14.5 Å². The minimum atomic E-state index is -0.0981. The van der Waals surface area contributed by atoms with Gasteiger partial charge in [0.15, 0.2) is 0 Å². The van der Waals surface area contributed by atoms with E-state index in [0.717, 1.165) is 0 Å². The maximum absolute atomic E-state index is 12.0. The number of amides is 1. The van der Waals surface area contributed by atoms with Gasteiger partial charge >= 0.3 is 0 Å². The summed E-state index contributed by atoms with van der Waals surface area (Å²) in [5.74, 6) is -0.0981. The Kier molecular flexibility index (Phi) is 3.85. The van der Waals surface area contributed by atoms with Gasteiger partial charge in [-0.15, -0.1) is 0 Å². The largest absolute Gasteiger partial charge is 0.395 e. The Balaban J connectivity index is 2.86. The Bertz CT molecular complexity index is 333. The third-order valence-electron chi connectivity index (χ3n) is 2.26. The zero-order valence-electron chi connectivity index (χ0n) is 9.34. The number of hydrogen-bond donors (Lipinski definition) is 1. The number of carbonyl (C=O) groups excluding carboxylic acids is 1. The van der Waals surface area contributed by atoms with Crippen LogP contribution in [0, 0.1) is 0 Å². The molecule has 0 radical (unpaired) electrons. The Morgan fingerprint density at radius 3 is 2.73 bits per heavy atom. The minimum Gasteiger partial charge on any atom is -0.395 e. The summed E-state index contributed by atoms with van der Waals surface area (Å²) in [6, 6.07) is 0.0690. The predicted octanol–water partition coefficient (Wildman–Crippen LogP) is 0.263. The molecule has 1 aromatic heterocycles. The molecule has 0 unspecified atom stereocenters. The molecule has 5 heteroatoms. The summed E-state index contributed by atoms with van der Waals surface area (Å²) in [6.07, 6.45) is 3.12. The smallest absolute Gasteiger partial charge is 0.272 e. The summed E-state index contributed by atoms with van der Waals surface area (Å²) < 4.78 is 1.68. The van der Waals surface area contributed by atoms with Crippen LogP contribution in [0.4, 0.5) is 0 Å². The summed E-state index contributed by atoms with van der Waals surface area (Å²) >= 11 is 0. The highest BCUT2D eigenvalue weighted by Crippen LogP contribution is 2.06. The van der Waals surface area contributed by atoms with Crippen molar-refractivity contribution >= 4 is 5.91 Å². The third-order valence-corrected chi connectivity index (χ3v) is 2.26. The number of aryl methyl sites for hydroxylation is 1. The molecule has 0 aliphatic heterocycles. The number of carbonyl (C=O) groups is 1. The molecule has 0 aliphatic carbocycles. The molecule has 1 N–H and O–H groups in total. The molecule has 0 aliphatic rings. The highest BCUT2D eigenvalue weighted by molar-refractivity contribution is 5.92. The molecule has 0 aromatic carbocycles. The van der Waals surface area contributed by atoms with Crippen LogP contribution in [0.15, 0.2) is 12.5 Å². The lowest BCUT2D eigenvalue weighted by molar-refractivity contribution is 0.0655. The molecule has 15 heavy (non-hydrogen) atoms. The van der Waals surface area contributed by atoms with E-state index in [1.54, 1.807) is 22.8 Å². The van der Waals surface area contributed by atoms with E-state index in [0.29, 0.717) is 12.2 Å². The van der Waals surface area contributed by atoms with E-state index in [9.17, 15) is 4.79 Å². The fraction of sp³-hybridized carbons (Fsp3) is 0.600. The maximum atomic E-state index is 12.0. The number of aliphatic hydroxyl groups is 1. The summed E-state index contributed by atoms with van der Waals surface area (Å²) in [5, 5.41) is 8.88. The maximum Gasteiger partial charge on any atom is 0.272 e. The molecule has 5 nitrogen and oxygen atoms in total. The zero-order chi connectivity index (χ0) is 11.4. The van der Waals surface area contributed by atoms with Crippen LogP contribution in [-0.4, -0.2) is 44.7 Å². The van der Waals surface area contributed by atoms with Crippen molar-refractivity contribution in [3.63, 3.8) is 0 Å². The number of aromatic nitrogens is 2. The van der Waals surface area contributed by atoms with Gasteiger partial charge in [-0.25, -0.2) is 4.98 Å². The first-order valence-electron chi connectivity index (χ1n) is 4.96. The van der Waals surface area contributed by atoms with E-state index in [1.807, 2.05) is 13.8 Å². The van der Waals surface area contributed by atoms with Crippen LogP contribution in [0.1, 0.15) is 24.3 Å². The van der Waals surface area contributed by atoms with Gasteiger partial charge in [-0.2, -0.15) is 0 Å². The number of aliphatic hydroxyl groups excluding tert-OH is 1. The fourth-order valence-corrected chi connectivity index (χ4v) is 1.41. The van der Waals surface area contributed by atoms with Crippen LogP contribution in [-0.2, 0) is 7.05 Å². The molecule has 1 amide bonds. The number of nitrogens with zero attached hydrogens (tertiary/aromatic N) is 3. The Morgan fingerprint density at radius 1 is 1.67 bits per heavy atom. The lowest BCUT2D eigenvalue weighted by atomic mass is 10.3.